The van der Waals surface area contributed by atoms with Crippen LogP contribution in [0.25, 0.3) is 0 Å². The normalized spacial score (nSPS) is 13.2. The Morgan fingerprint density at radius 3 is 2.92 bits per heavy atom. The summed E-state index contributed by atoms with van der Waals surface area (Å²) >= 11 is 0. The van der Waals surface area contributed by atoms with Crippen LogP contribution in [-0.2, 0) is 6.54 Å². The molecule has 1 aromatic heterocycles. The summed E-state index contributed by atoms with van der Waals surface area (Å²) in [7, 11) is 0. The van der Waals surface area contributed by atoms with E-state index in [1.807, 2.05) is 13.0 Å². The van der Waals surface area contributed by atoms with E-state index in [1.54, 1.807) is 0 Å². The predicted molar refractivity (Wildman–Crippen MR) is 52.4 cm³/mol. The Kier molecular flexibility index (Phi) is 3.96. The summed E-state index contributed by atoms with van der Waals surface area (Å²) in [5.41, 5.74) is 0.944. The van der Waals surface area contributed by atoms with Gasteiger partial charge in [-0.05, 0) is 20.3 Å². The second-order valence-electron chi connectivity index (χ2n) is 3.51. The zero-order chi connectivity index (χ0) is 9.68. The molecular formula is C10H18N2O. The molecule has 1 atom stereocenters. The molecule has 0 aliphatic carbocycles. The topological polar surface area (TPSA) is 38.1 Å². The summed E-state index contributed by atoms with van der Waals surface area (Å²) in [6, 6.07) is 2.52. The van der Waals surface area contributed by atoms with Gasteiger partial charge < -0.3 is 9.84 Å². The average Bonchev–Trinajstić information content (AvgIpc) is 2.49. The highest BCUT2D eigenvalue weighted by molar-refractivity contribution is 5.02. The van der Waals surface area contributed by atoms with Crippen LogP contribution in [0.3, 0.4) is 0 Å². The minimum Gasteiger partial charge on any atom is -0.360 e. The van der Waals surface area contributed by atoms with Crippen molar-refractivity contribution >= 4 is 0 Å². The Bertz CT molecular complexity index is 245. The van der Waals surface area contributed by atoms with Gasteiger partial charge in [-0.3, -0.25) is 0 Å². The molecule has 0 spiro atoms. The molecule has 3 nitrogen and oxygen atoms in total. The standard InChI is InChI=1S/C10H18N2O/c1-4-5-8(2)11-7-10-6-9(3)12-13-10/h6,8,11H,4-5,7H2,1-3H3. The number of nitrogens with one attached hydrogen (secondary N) is 1. The predicted octanol–water partition coefficient (Wildman–Crippen LogP) is 2.26. The van der Waals surface area contributed by atoms with E-state index >= 15 is 0 Å². The summed E-state index contributed by atoms with van der Waals surface area (Å²) in [4.78, 5) is 0. The SMILES string of the molecule is CCCC(C)NCc1cc(C)no1. The molecule has 0 bridgehead atoms. The maximum Gasteiger partial charge on any atom is 0.150 e. The highest BCUT2D eigenvalue weighted by Gasteiger charge is 2.03. The molecule has 0 aromatic carbocycles. The number of aryl methyl sites for hydroxylation is 1. The third-order valence-corrected chi connectivity index (χ3v) is 2.02. The molecule has 0 radical (unpaired) electrons. The number of nitrogens with zero attached hydrogens (tertiary/aromatic N) is 1. The average molecular weight is 182 g/mol. The lowest BCUT2D eigenvalue weighted by Crippen LogP contribution is -2.24. The van der Waals surface area contributed by atoms with Gasteiger partial charge in [0.1, 0.15) is 0 Å². The Morgan fingerprint density at radius 1 is 1.62 bits per heavy atom. The van der Waals surface area contributed by atoms with Crippen LogP contribution in [0, 0.1) is 6.92 Å². The van der Waals surface area contributed by atoms with Crippen molar-refractivity contribution in [2.75, 3.05) is 0 Å². The van der Waals surface area contributed by atoms with Crippen molar-refractivity contribution in [1.29, 1.82) is 0 Å². The van der Waals surface area contributed by atoms with E-state index in [4.69, 9.17) is 4.52 Å². The Labute approximate surface area is 79.5 Å². The number of rotatable bonds is 5. The fourth-order valence-corrected chi connectivity index (χ4v) is 1.31. The van der Waals surface area contributed by atoms with Crippen LogP contribution >= 0.6 is 0 Å². The molecule has 1 aromatic rings. The van der Waals surface area contributed by atoms with Crippen molar-refractivity contribution in [3.05, 3.63) is 17.5 Å². The zero-order valence-corrected chi connectivity index (χ0v) is 8.63. The summed E-state index contributed by atoms with van der Waals surface area (Å²) in [5, 5.41) is 7.20. The molecule has 74 valence electrons. The minimum atomic E-state index is 0.551. The van der Waals surface area contributed by atoms with Gasteiger partial charge in [0.25, 0.3) is 0 Å². The fraction of sp³-hybridized carbons (Fsp3) is 0.700. The molecule has 0 aliphatic rings. The van der Waals surface area contributed by atoms with E-state index in [-0.39, 0.29) is 0 Å². The molecule has 1 N–H and O–H groups in total. The summed E-state index contributed by atoms with van der Waals surface area (Å²) in [5.74, 6) is 0.917. The fourth-order valence-electron chi connectivity index (χ4n) is 1.31. The van der Waals surface area contributed by atoms with Crippen molar-refractivity contribution in [2.45, 2.75) is 46.2 Å². The summed E-state index contributed by atoms with van der Waals surface area (Å²) in [6.07, 6.45) is 2.41. The third-order valence-electron chi connectivity index (χ3n) is 2.02. The van der Waals surface area contributed by atoms with E-state index in [0.717, 1.165) is 18.0 Å². The maximum absolute atomic E-state index is 5.08. The van der Waals surface area contributed by atoms with Crippen molar-refractivity contribution in [2.24, 2.45) is 0 Å². The maximum atomic E-state index is 5.08. The van der Waals surface area contributed by atoms with E-state index < -0.39 is 0 Å². The lowest BCUT2D eigenvalue weighted by atomic mass is 10.2. The molecular weight excluding hydrogens is 164 g/mol. The molecule has 0 saturated carbocycles. The minimum absolute atomic E-state index is 0.551. The van der Waals surface area contributed by atoms with Crippen molar-refractivity contribution in [1.82, 2.24) is 10.5 Å². The quantitative estimate of drug-likeness (QED) is 0.759. The first-order valence-corrected chi connectivity index (χ1v) is 4.88. The van der Waals surface area contributed by atoms with E-state index in [9.17, 15) is 0 Å². The molecule has 0 amide bonds. The van der Waals surface area contributed by atoms with Crippen LogP contribution < -0.4 is 5.32 Å². The van der Waals surface area contributed by atoms with Crippen LogP contribution in [0.5, 0.6) is 0 Å². The summed E-state index contributed by atoms with van der Waals surface area (Å²) in [6.45, 7) is 7.09. The van der Waals surface area contributed by atoms with Crippen LogP contribution in [0.15, 0.2) is 10.6 Å². The Hall–Kier alpha value is -0.830. The first-order chi connectivity index (χ1) is 6.22. The number of aromatic nitrogens is 1. The van der Waals surface area contributed by atoms with Gasteiger partial charge in [-0.25, -0.2) is 0 Å². The highest BCUT2D eigenvalue weighted by atomic mass is 16.5. The van der Waals surface area contributed by atoms with Gasteiger partial charge in [0, 0.05) is 12.1 Å². The smallest absolute Gasteiger partial charge is 0.150 e. The Morgan fingerprint density at radius 2 is 2.38 bits per heavy atom. The molecule has 1 heterocycles. The Balaban J connectivity index is 2.26. The van der Waals surface area contributed by atoms with Gasteiger partial charge in [0.2, 0.25) is 0 Å². The first-order valence-electron chi connectivity index (χ1n) is 4.88. The van der Waals surface area contributed by atoms with Gasteiger partial charge in [0.15, 0.2) is 5.76 Å². The van der Waals surface area contributed by atoms with Gasteiger partial charge in [-0.1, -0.05) is 18.5 Å². The number of hydrogen-bond donors (Lipinski definition) is 1. The molecule has 0 aliphatic heterocycles. The molecule has 1 rings (SSSR count). The molecule has 1 unspecified atom stereocenters. The van der Waals surface area contributed by atoms with Crippen LogP contribution in [0.4, 0.5) is 0 Å². The molecule has 3 heteroatoms. The van der Waals surface area contributed by atoms with Gasteiger partial charge >= 0.3 is 0 Å². The van der Waals surface area contributed by atoms with Gasteiger partial charge in [-0.2, -0.15) is 0 Å². The largest absolute Gasteiger partial charge is 0.360 e. The zero-order valence-electron chi connectivity index (χ0n) is 8.63. The lowest BCUT2D eigenvalue weighted by molar-refractivity contribution is 0.359. The van der Waals surface area contributed by atoms with E-state index in [0.29, 0.717) is 6.04 Å². The van der Waals surface area contributed by atoms with Crippen molar-refractivity contribution in [3.8, 4) is 0 Å². The van der Waals surface area contributed by atoms with Crippen LogP contribution in [0.2, 0.25) is 0 Å². The molecule has 0 saturated heterocycles. The van der Waals surface area contributed by atoms with Crippen molar-refractivity contribution < 1.29 is 4.52 Å². The van der Waals surface area contributed by atoms with Gasteiger partial charge in [0.05, 0.1) is 12.2 Å². The van der Waals surface area contributed by atoms with Crippen LogP contribution in [0.1, 0.15) is 38.1 Å². The van der Waals surface area contributed by atoms with Crippen molar-refractivity contribution in [3.63, 3.8) is 0 Å². The highest BCUT2D eigenvalue weighted by Crippen LogP contribution is 2.03. The van der Waals surface area contributed by atoms with Gasteiger partial charge in [-0.15, -0.1) is 0 Å². The second kappa shape index (κ2) is 5.02. The van der Waals surface area contributed by atoms with E-state index in [2.05, 4.69) is 24.3 Å². The monoisotopic (exact) mass is 182 g/mol. The first kappa shape index (κ1) is 10.3. The number of hydrogen-bond acceptors (Lipinski definition) is 3. The van der Waals surface area contributed by atoms with Crippen LogP contribution in [-0.4, -0.2) is 11.2 Å². The lowest BCUT2D eigenvalue weighted by Gasteiger charge is -2.10. The third kappa shape index (κ3) is 3.59. The summed E-state index contributed by atoms with van der Waals surface area (Å²) < 4.78 is 5.08. The second-order valence-corrected chi connectivity index (χ2v) is 3.51. The molecule has 0 fully saturated rings. The molecule has 13 heavy (non-hydrogen) atoms. The van der Waals surface area contributed by atoms with E-state index in [1.165, 1.54) is 12.8 Å².